The summed E-state index contributed by atoms with van der Waals surface area (Å²) in [6.07, 6.45) is 11.1. The summed E-state index contributed by atoms with van der Waals surface area (Å²) in [5.74, 6) is 0. The van der Waals surface area contributed by atoms with Crippen LogP contribution in [-0.4, -0.2) is 66.3 Å². The van der Waals surface area contributed by atoms with Gasteiger partial charge in [0.15, 0.2) is 0 Å². The fraction of sp³-hybridized carbons (Fsp3) is 1.00. The molecule has 4 nitrogen and oxygen atoms in total. The van der Waals surface area contributed by atoms with E-state index in [2.05, 4.69) is 9.80 Å². The van der Waals surface area contributed by atoms with E-state index in [9.17, 15) is 0 Å². The van der Waals surface area contributed by atoms with E-state index in [0.717, 1.165) is 25.7 Å². The first-order chi connectivity index (χ1) is 10.3. The number of nitrogens with two attached hydrogens (primary N) is 1. The smallest absolute Gasteiger partial charge is 0.0731 e. The Kier molecular flexibility index (Phi) is 3.99. The lowest BCUT2D eigenvalue weighted by molar-refractivity contribution is -0.138. The summed E-state index contributed by atoms with van der Waals surface area (Å²) in [6.45, 7) is 5.43. The van der Waals surface area contributed by atoms with Gasteiger partial charge in [0, 0.05) is 37.3 Å². The van der Waals surface area contributed by atoms with Gasteiger partial charge in [0.05, 0.1) is 12.7 Å². The Bertz CT molecular complexity index is 375. The van der Waals surface area contributed by atoms with Crippen LogP contribution in [-0.2, 0) is 4.74 Å². The van der Waals surface area contributed by atoms with Gasteiger partial charge in [-0.2, -0.15) is 0 Å². The van der Waals surface area contributed by atoms with Gasteiger partial charge < -0.3 is 15.4 Å². The van der Waals surface area contributed by atoms with Gasteiger partial charge in [0.25, 0.3) is 0 Å². The van der Waals surface area contributed by atoms with Crippen molar-refractivity contribution >= 4 is 0 Å². The highest BCUT2D eigenvalue weighted by Gasteiger charge is 2.49. The van der Waals surface area contributed by atoms with E-state index in [1.165, 1.54) is 64.5 Å². The maximum Gasteiger partial charge on any atom is 0.0731 e. The van der Waals surface area contributed by atoms with E-state index in [-0.39, 0.29) is 5.54 Å². The number of fused-ring (bicyclic) bond motifs is 2. The molecule has 4 fully saturated rings. The molecular weight excluding hydrogens is 262 g/mol. The summed E-state index contributed by atoms with van der Waals surface area (Å²) in [5.41, 5.74) is 6.63. The molecule has 1 aliphatic carbocycles. The molecule has 3 aliphatic heterocycles. The Morgan fingerprint density at radius 3 is 2.86 bits per heavy atom. The fourth-order valence-electron chi connectivity index (χ4n) is 5.56. The summed E-state index contributed by atoms with van der Waals surface area (Å²) < 4.78 is 6.09. The second-order valence-corrected chi connectivity index (χ2v) is 7.67. The third-order valence-electron chi connectivity index (χ3n) is 6.70. The molecule has 120 valence electrons. The molecule has 0 amide bonds. The Balaban J connectivity index is 1.56. The van der Waals surface area contributed by atoms with Gasteiger partial charge in [0.2, 0.25) is 0 Å². The van der Waals surface area contributed by atoms with E-state index < -0.39 is 0 Å². The van der Waals surface area contributed by atoms with Crippen LogP contribution in [0.1, 0.15) is 51.4 Å². The summed E-state index contributed by atoms with van der Waals surface area (Å²) in [4.78, 5) is 5.53. The first-order valence-corrected chi connectivity index (χ1v) is 9.15. The fourth-order valence-corrected chi connectivity index (χ4v) is 5.56. The highest BCUT2D eigenvalue weighted by Crippen LogP contribution is 2.41. The molecule has 4 rings (SSSR count). The molecule has 0 radical (unpaired) electrons. The summed E-state index contributed by atoms with van der Waals surface area (Å²) >= 11 is 0. The molecule has 0 aromatic rings. The molecule has 0 aromatic heterocycles. The average Bonchev–Trinajstić information content (AvgIpc) is 3.01. The Morgan fingerprint density at radius 2 is 1.95 bits per heavy atom. The third-order valence-corrected chi connectivity index (χ3v) is 6.70. The van der Waals surface area contributed by atoms with Crippen LogP contribution in [0, 0.1) is 0 Å². The van der Waals surface area contributed by atoms with Gasteiger partial charge in [-0.05, 0) is 45.1 Å². The van der Waals surface area contributed by atoms with Crippen molar-refractivity contribution in [3.63, 3.8) is 0 Å². The van der Waals surface area contributed by atoms with Gasteiger partial charge in [-0.1, -0.05) is 12.8 Å². The Hall–Kier alpha value is -0.160. The molecule has 21 heavy (non-hydrogen) atoms. The molecule has 4 unspecified atom stereocenters. The predicted molar refractivity (Wildman–Crippen MR) is 84.3 cm³/mol. The second kappa shape index (κ2) is 5.80. The molecule has 4 atom stereocenters. The van der Waals surface area contributed by atoms with E-state index >= 15 is 0 Å². The lowest BCUT2D eigenvalue weighted by atomic mass is 9.78. The van der Waals surface area contributed by atoms with Crippen LogP contribution >= 0.6 is 0 Å². The normalized spacial score (nSPS) is 45.3. The van der Waals surface area contributed by atoms with E-state index in [1.807, 2.05) is 0 Å². The topological polar surface area (TPSA) is 41.7 Å². The molecule has 2 N–H and O–H groups in total. The highest BCUT2D eigenvalue weighted by molar-refractivity contribution is 5.05. The number of morpholine rings is 1. The van der Waals surface area contributed by atoms with Crippen LogP contribution in [0.15, 0.2) is 0 Å². The first-order valence-electron chi connectivity index (χ1n) is 9.15. The third kappa shape index (κ3) is 2.44. The molecule has 3 saturated heterocycles. The van der Waals surface area contributed by atoms with Crippen molar-refractivity contribution in [2.24, 2.45) is 5.73 Å². The van der Waals surface area contributed by atoms with Crippen LogP contribution < -0.4 is 5.73 Å². The maximum absolute atomic E-state index is 6.37. The lowest BCUT2D eigenvalue weighted by Crippen LogP contribution is -2.68. The highest BCUT2D eigenvalue weighted by atomic mass is 16.5. The standard InChI is InChI=1S/C17H31N3O/c18-13-17(7-9-19-8-3-4-14(19)12-17)20-10-11-21-16-6-2-1-5-15(16)20/h14-16H,1-13,18H2. The van der Waals surface area contributed by atoms with Crippen LogP contribution in [0.2, 0.25) is 0 Å². The predicted octanol–water partition coefficient (Wildman–Crippen LogP) is 1.59. The number of hydrogen-bond donors (Lipinski definition) is 1. The summed E-state index contributed by atoms with van der Waals surface area (Å²) in [5, 5.41) is 0. The quantitative estimate of drug-likeness (QED) is 0.839. The molecule has 4 aliphatic rings. The molecular formula is C17H31N3O. The van der Waals surface area contributed by atoms with Crippen molar-refractivity contribution in [1.29, 1.82) is 0 Å². The van der Waals surface area contributed by atoms with Crippen molar-refractivity contribution in [3.05, 3.63) is 0 Å². The SMILES string of the molecule is NCC1(N2CCOC3CCCCC32)CCN2CCCC2C1. The largest absolute Gasteiger partial charge is 0.375 e. The summed E-state index contributed by atoms with van der Waals surface area (Å²) in [7, 11) is 0. The Morgan fingerprint density at radius 1 is 1.05 bits per heavy atom. The van der Waals surface area contributed by atoms with Crippen LogP contribution in [0.4, 0.5) is 0 Å². The molecule has 3 heterocycles. The molecule has 0 bridgehead atoms. The molecule has 0 spiro atoms. The van der Waals surface area contributed by atoms with Crippen molar-refractivity contribution in [3.8, 4) is 0 Å². The zero-order valence-corrected chi connectivity index (χ0v) is 13.3. The Labute approximate surface area is 129 Å². The van der Waals surface area contributed by atoms with Crippen LogP contribution in [0.3, 0.4) is 0 Å². The van der Waals surface area contributed by atoms with Gasteiger partial charge >= 0.3 is 0 Å². The maximum atomic E-state index is 6.37. The minimum absolute atomic E-state index is 0.259. The van der Waals surface area contributed by atoms with Crippen molar-refractivity contribution in [2.45, 2.75) is 75.1 Å². The van der Waals surface area contributed by atoms with Gasteiger partial charge in [-0.3, -0.25) is 4.90 Å². The van der Waals surface area contributed by atoms with Crippen molar-refractivity contribution < 1.29 is 4.74 Å². The van der Waals surface area contributed by atoms with Gasteiger partial charge in [-0.25, -0.2) is 0 Å². The first kappa shape index (κ1) is 14.4. The lowest BCUT2D eigenvalue weighted by Gasteiger charge is -2.56. The molecule has 0 aromatic carbocycles. The number of ether oxygens (including phenoxy) is 1. The molecule has 1 saturated carbocycles. The monoisotopic (exact) mass is 293 g/mol. The number of nitrogens with zero attached hydrogens (tertiary/aromatic N) is 2. The van der Waals surface area contributed by atoms with E-state index in [4.69, 9.17) is 10.5 Å². The zero-order valence-electron chi connectivity index (χ0n) is 13.3. The summed E-state index contributed by atoms with van der Waals surface area (Å²) in [6, 6.07) is 1.44. The van der Waals surface area contributed by atoms with Crippen LogP contribution in [0.5, 0.6) is 0 Å². The molecule has 4 heteroatoms. The number of piperidine rings is 1. The van der Waals surface area contributed by atoms with Gasteiger partial charge in [0.1, 0.15) is 0 Å². The van der Waals surface area contributed by atoms with E-state index in [1.54, 1.807) is 0 Å². The van der Waals surface area contributed by atoms with Crippen molar-refractivity contribution in [2.75, 3.05) is 32.8 Å². The minimum atomic E-state index is 0.259. The van der Waals surface area contributed by atoms with Gasteiger partial charge in [-0.15, -0.1) is 0 Å². The zero-order chi connectivity index (χ0) is 14.3. The van der Waals surface area contributed by atoms with E-state index in [0.29, 0.717) is 12.1 Å². The second-order valence-electron chi connectivity index (χ2n) is 7.67. The number of hydrogen-bond acceptors (Lipinski definition) is 4. The van der Waals surface area contributed by atoms with Crippen LogP contribution in [0.25, 0.3) is 0 Å². The number of rotatable bonds is 2. The van der Waals surface area contributed by atoms with Crippen molar-refractivity contribution in [1.82, 2.24) is 9.80 Å². The average molecular weight is 293 g/mol. The minimum Gasteiger partial charge on any atom is -0.375 e.